The van der Waals surface area contributed by atoms with Crippen molar-refractivity contribution in [3.8, 4) is 0 Å². The second-order valence-corrected chi connectivity index (χ2v) is 2.66. The van der Waals surface area contributed by atoms with Crippen LogP contribution in [0.15, 0.2) is 16.7 Å². The summed E-state index contributed by atoms with van der Waals surface area (Å²) in [4.78, 5) is 0. The molecule has 0 spiro atoms. The second kappa shape index (κ2) is 3.76. The van der Waals surface area contributed by atoms with Crippen molar-refractivity contribution in [1.82, 2.24) is 0 Å². The fourth-order valence-electron chi connectivity index (χ4n) is 0.840. The van der Waals surface area contributed by atoms with Gasteiger partial charge in [0, 0.05) is 6.61 Å². The number of rotatable bonds is 3. The maximum atomic E-state index is 8.56. The Labute approximate surface area is 69.8 Å². The minimum Gasteiger partial charge on any atom is -0.466 e. The lowest BCUT2D eigenvalue weighted by Gasteiger charge is -2.05. The summed E-state index contributed by atoms with van der Waals surface area (Å²) in [6, 6.07) is 1.33. The van der Waals surface area contributed by atoms with Crippen molar-refractivity contribution in [1.29, 1.82) is 0 Å². The molecule has 0 aliphatic heterocycles. The van der Waals surface area contributed by atoms with Crippen molar-refractivity contribution >= 4 is 11.6 Å². The molecule has 1 rings (SSSR count). The normalized spacial score (nSPS) is 13.4. The number of aliphatic hydroxyl groups excluding tert-OH is 1. The van der Waals surface area contributed by atoms with Crippen LogP contribution in [0.1, 0.15) is 18.2 Å². The van der Waals surface area contributed by atoms with Gasteiger partial charge in [-0.1, -0.05) is 11.6 Å². The Bertz CT molecular complexity index is 224. The SMILES string of the molecule is NC(CCO)c1occc1Cl. The van der Waals surface area contributed by atoms with Crippen molar-refractivity contribution in [2.75, 3.05) is 6.61 Å². The van der Waals surface area contributed by atoms with Gasteiger partial charge < -0.3 is 15.3 Å². The van der Waals surface area contributed by atoms with E-state index in [9.17, 15) is 0 Å². The predicted molar refractivity (Wildman–Crippen MR) is 42.3 cm³/mol. The molecule has 11 heavy (non-hydrogen) atoms. The van der Waals surface area contributed by atoms with Gasteiger partial charge in [0.25, 0.3) is 0 Å². The van der Waals surface area contributed by atoms with E-state index >= 15 is 0 Å². The zero-order valence-electron chi connectivity index (χ0n) is 5.96. The first-order valence-electron chi connectivity index (χ1n) is 3.35. The second-order valence-electron chi connectivity index (χ2n) is 2.25. The molecule has 0 radical (unpaired) electrons. The van der Waals surface area contributed by atoms with Crippen LogP contribution in [0.5, 0.6) is 0 Å². The Balaban J connectivity index is 2.67. The number of halogens is 1. The van der Waals surface area contributed by atoms with E-state index in [-0.39, 0.29) is 12.6 Å². The molecule has 3 nitrogen and oxygen atoms in total. The van der Waals surface area contributed by atoms with Crippen molar-refractivity contribution in [2.45, 2.75) is 12.5 Å². The maximum absolute atomic E-state index is 8.56. The summed E-state index contributed by atoms with van der Waals surface area (Å²) in [6.07, 6.45) is 1.95. The van der Waals surface area contributed by atoms with Gasteiger partial charge in [-0.2, -0.15) is 0 Å². The summed E-state index contributed by atoms with van der Waals surface area (Å²) < 4.78 is 5.01. The molecule has 62 valence electrons. The molecule has 1 heterocycles. The summed E-state index contributed by atoms with van der Waals surface area (Å²) in [6.45, 7) is 0.0399. The molecule has 0 amide bonds. The van der Waals surface area contributed by atoms with E-state index in [0.717, 1.165) is 0 Å². The summed E-state index contributed by atoms with van der Waals surface area (Å²) in [5.74, 6) is 0.542. The highest BCUT2D eigenvalue weighted by Gasteiger charge is 2.12. The summed E-state index contributed by atoms with van der Waals surface area (Å²) in [5, 5.41) is 9.08. The van der Waals surface area contributed by atoms with Crippen LogP contribution in [-0.4, -0.2) is 11.7 Å². The molecular weight excluding hydrogens is 166 g/mol. The first-order chi connectivity index (χ1) is 5.25. The van der Waals surface area contributed by atoms with Crippen LogP contribution in [0.4, 0.5) is 0 Å². The Hall–Kier alpha value is -0.510. The third-order valence-electron chi connectivity index (χ3n) is 1.42. The molecule has 0 saturated carbocycles. The first kappa shape index (κ1) is 8.59. The molecule has 0 aliphatic carbocycles. The van der Waals surface area contributed by atoms with Gasteiger partial charge in [0.05, 0.1) is 17.3 Å². The molecule has 0 fully saturated rings. The van der Waals surface area contributed by atoms with Gasteiger partial charge in [-0.3, -0.25) is 0 Å². The number of aliphatic hydroxyl groups is 1. The average molecular weight is 176 g/mol. The number of hydrogen-bond acceptors (Lipinski definition) is 3. The molecule has 1 aromatic rings. The molecule has 0 bridgehead atoms. The summed E-state index contributed by atoms with van der Waals surface area (Å²) in [5.41, 5.74) is 5.61. The lowest BCUT2D eigenvalue weighted by molar-refractivity contribution is 0.269. The molecule has 1 unspecified atom stereocenters. The third-order valence-corrected chi connectivity index (χ3v) is 1.73. The Morgan fingerprint density at radius 2 is 2.45 bits per heavy atom. The fraction of sp³-hybridized carbons (Fsp3) is 0.429. The van der Waals surface area contributed by atoms with E-state index in [1.807, 2.05) is 0 Å². The van der Waals surface area contributed by atoms with Gasteiger partial charge in [-0.05, 0) is 12.5 Å². The predicted octanol–water partition coefficient (Wildman–Crippen LogP) is 1.32. The molecule has 4 heteroatoms. The first-order valence-corrected chi connectivity index (χ1v) is 3.73. The van der Waals surface area contributed by atoms with Gasteiger partial charge in [0.1, 0.15) is 5.76 Å². The van der Waals surface area contributed by atoms with E-state index in [0.29, 0.717) is 17.2 Å². The van der Waals surface area contributed by atoms with Crippen molar-refractivity contribution in [3.05, 3.63) is 23.1 Å². The van der Waals surface area contributed by atoms with Gasteiger partial charge in [-0.15, -0.1) is 0 Å². The van der Waals surface area contributed by atoms with Crippen molar-refractivity contribution in [3.63, 3.8) is 0 Å². The lowest BCUT2D eigenvalue weighted by atomic mass is 10.2. The van der Waals surface area contributed by atoms with E-state index in [2.05, 4.69) is 0 Å². The average Bonchev–Trinajstić information content (AvgIpc) is 2.36. The number of furan rings is 1. The van der Waals surface area contributed by atoms with Gasteiger partial charge in [0.2, 0.25) is 0 Å². The maximum Gasteiger partial charge on any atom is 0.139 e. The molecule has 0 aromatic carbocycles. The van der Waals surface area contributed by atoms with E-state index in [1.165, 1.54) is 6.26 Å². The van der Waals surface area contributed by atoms with Crippen LogP contribution in [0.25, 0.3) is 0 Å². The molecular formula is C7H10ClNO2. The minimum absolute atomic E-state index is 0.0399. The zero-order chi connectivity index (χ0) is 8.27. The molecule has 1 atom stereocenters. The Morgan fingerprint density at radius 3 is 2.91 bits per heavy atom. The smallest absolute Gasteiger partial charge is 0.139 e. The summed E-state index contributed by atoms with van der Waals surface area (Å²) >= 11 is 5.72. The highest BCUT2D eigenvalue weighted by molar-refractivity contribution is 6.31. The quantitative estimate of drug-likeness (QED) is 0.729. The minimum atomic E-state index is -0.303. The highest BCUT2D eigenvalue weighted by atomic mass is 35.5. The third kappa shape index (κ3) is 1.96. The van der Waals surface area contributed by atoms with Crippen molar-refractivity contribution in [2.24, 2.45) is 5.73 Å². The highest BCUT2D eigenvalue weighted by Crippen LogP contribution is 2.23. The topological polar surface area (TPSA) is 59.4 Å². The van der Waals surface area contributed by atoms with Gasteiger partial charge in [-0.25, -0.2) is 0 Å². The Kier molecular flexibility index (Phi) is 2.93. The van der Waals surface area contributed by atoms with Crippen LogP contribution < -0.4 is 5.73 Å². The molecule has 0 aliphatic rings. The molecule has 3 N–H and O–H groups in total. The largest absolute Gasteiger partial charge is 0.466 e. The van der Waals surface area contributed by atoms with Crippen LogP contribution >= 0.6 is 11.6 Å². The molecule has 0 saturated heterocycles. The molecule has 1 aromatic heterocycles. The van der Waals surface area contributed by atoms with Crippen LogP contribution in [0.3, 0.4) is 0 Å². The number of hydrogen-bond donors (Lipinski definition) is 2. The van der Waals surface area contributed by atoms with Crippen LogP contribution in [0, 0.1) is 0 Å². The van der Waals surface area contributed by atoms with Gasteiger partial charge >= 0.3 is 0 Å². The standard InChI is InChI=1S/C7H10ClNO2/c8-5-2-4-11-7(5)6(9)1-3-10/h2,4,6,10H,1,3,9H2. The van der Waals surface area contributed by atoms with E-state index in [4.69, 9.17) is 26.9 Å². The number of nitrogens with two attached hydrogens (primary N) is 1. The van der Waals surface area contributed by atoms with E-state index in [1.54, 1.807) is 6.07 Å². The zero-order valence-corrected chi connectivity index (χ0v) is 6.71. The van der Waals surface area contributed by atoms with Crippen LogP contribution in [-0.2, 0) is 0 Å². The van der Waals surface area contributed by atoms with E-state index < -0.39 is 0 Å². The van der Waals surface area contributed by atoms with Crippen LogP contribution in [0.2, 0.25) is 5.02 Å². The van der Waals surface area contributed by atoms with Gasteiger partial charge in [0.15, 0.2) is 0 Å². The lowest BCUT2D eigenvalue weighted by Crippen LogP contribution is -2.11. The van der Waals surface area contributed by atoms with Crippen molar-refractivity contribution < 1.29 is 9.52 Å². The summed E-state index contributed by atoms with van der Waals surface area (Å²) in [7, 11) is 0. The Morgan fingerprint density at radius 1 is 1.73 bits per heavy atom. The fourth-order valence-corrected chi connectivity index (χ4v) is 1.08. The monoisotopic (exact) mass is 175 g/mol.